The van der Waals surface area contributed by atoms with E-state index in [0.717, 1.165) is 23.1 Å². The van der Waals surface area contributed by atoms with Crippen LogP contribution in [0, 0.1) is 6.92 Å². The standard InChI is InChI=1S/C14H19N3O2/c1-6-11-10-7-9(2)8-15-12(10)17(16-11)13(18)19-14(3,4)5/h7-8H,6H2,1-5H3. The maximum absolute atomic E-state index is 12.1. The van der Waals surface area contributed by atoms with Gasteiger partial charge in [-0.1, -0.05) is 6.92 Å². The van der Waals surface area contributed by atoms with Gasteiger partial charge in [0, 0.05) is 11.6 Å². The van der Waals surface area contributed by atoms with Crippen LogP contribution in [-0.4, -0.2) is 26.5 Å². The Bertz CT molecular complexity index is 623. The molecule has 0 atom stereocenters. The van der Waals surface area contributed by atoms with E-state index >= 15 is 0 Å². The maximum Gasteiger partial charge on any atom is 0.437 e. The Morgan fingerprint density at radius 1 is 1.42 bits per heavy atom. The smallest absolute Gasteiger partial charge is 0.437 e. The fourth-order valence-corrected chi connectivity index (χ4v) is 1.86. The molecule has 102 valence electrons. The monoisotopic (exact) mass is 261 g/mol. The fraction of sp³-hybridized carbons (Fsp3) is 0.500. The van der Waals surface area contributed by atoms with E-state index in [2.05, 4.69) is 10.1 Å². The lowest BCUT2D eigenvalue weighted by Gasteiger charge is -2.18. The summed E-state index contributed by atoms with van der Waals surface area (Å²) in [7, 11) is 0. The van der Waals surface area contributed by atoms with Crippen molar-refractivity contribution in [2.75, 3.05) is 0 Å². The second kappa shape index (κ2) is 4.64. The number of aryl methyl sites for hydroxylation is 2. The molecule has 0 radical (unpaired) electrons. The molecule has 0 spiro atoms. The van der Waals surface area contributed by atoms with Crippen LogP contribution in [0.5, 0.6) is 0 Å². The molecular weight excluding hydrogens is 242 g/mol. The van der Waals surface area contributed by atoms with E-state index in [1.807, 2.05) is 40.7 Å². The number of pyridine rings is 1. The van der Waals surface area contributed by atoms with Crippen molar-refractivity contribution in [3.8, 4) is 0 Å². The first-order valence-corrected chi connectivity index (χ1v) is 6.39. The number of carbonyl (C=O) groups excluding carboxylic acids is 1. The van der Waals surface area contributed by atoms with Crippen LogP contribution < -0.4 is 0 Å². The predicted molar refractivity (Wildman–Crippen MR) is 73.3 cm³/mol. The van der Waals surface area contributed by atoms with E-state index in [0.29, 0.717) is 5.65 Å². The van der Waals surface area contributed by atoms with Gasteiger partial charge in [0.2, 0.25) is 0 Å². The molecule has 0 saturated carbocycles. The van der Waals surface area contributed by atoms with Crippen molar-refractivity contribution in [1.82, 2.24) is 14.8 Å². The van der Waals surface area contributed by atoms with Gasteiger partial charge in [-0.15, -0.1) is 4.68 Å². The Morgan fingerprint density at radius 3 is 2.68 bits per heavy atom. The van der Waals surface area contributed by atoms with Gasteiger partial charge in [-0.25, -0.2) is 9.78 Å². The summed E-state index contributed by atoms with van der Waals surface area (Å²) in [5, 5.41) is 5.22. The van der Waals surface area contributed by atoms with E-state index in [9.17, 15) is 4.79 Å². The molecule has 0 aromatic carbocycles. The lowest BCUT2D eigenvalue weighted by molar-refractivity contribution is 0.0521. The third-order valence-electron chi connectivity index (χ3n) is 2.64. The number of hydrogen-bond donors (Lipinski definition) is 0. The quantitative estimate of drug-likeness (QED) is 0.791. The van der Waals surface area contributed by atoms with Crippen LogP contribution in [0.3, 0.4) is 0 Å². The van der Waals surface area contributed by atoms with Gasteiger partial charge in [0.15, 0.2) is 5.65 Å². The van der Waals surface area contributed by atoms with Crippen LogP contribution >= 0.6 is 0 Å². The van der Waals surface area contributed by atoms with Crippen molar-refractivity contribution < 1.29 is 9.53 Å². The second-order valence-electron chi connectivity index (χ2n) is 5.58. The van der Waals surface area contributed by atoms with Gasteiger partial charge in [-0.2, -0.15) is 5.10 Å². The lowest BCUT2D eigenvalue weighted by Crippen LogP contribution is -2.28. The van der Waals surface area contributed by atoms with E-state index in [-0.39, 0.29) is 0 Å². The zero-order chi connectivity index (χ0) is 14.2. The Hall–Kier alpha value is -1.91. The first kappa shape index (κ1) is 13.5. The van der Waals surface area contributed by atoms with E-state index in [4.69, 9.17) is 4.74 Å². The molecule has 0 saturated heterocycles. The third-order valence-corrected chi connectivity index (χ3v) is 2.64. The second-order valence-corrected chi connectivity index (χ2v) is 5.58. The summed E-state index contributed by atoms with van der Waals surface area (Å²) in [5.74, 6) is 0. The molecule has 0 aliphatic carbocycles. The Morgan fingerprint density at radius 2 is 2.11 bits per heavy atom. The molecule has 0 aliphatic rings. The Balaban J connectivity index is 2.52. The van der Waals surface area contributed by atoms with Gasteiger partial charge in [-0.3, -0.25) is 0 Å². The highest BCUT2D eigenvalue weighted by molar-refractivity contribution is 5.87. The zero-order valence-corrected chi connectivity index (χ0v) is 12.0. The van der Waals surface area contributed by atoms with Crippen LogP contribution in [0.1, 0.15) is 39.0 Å². The summed E-state index contributed by atoms with van der Waals surface area (Å²) in [6, 6.07) is 2.00. The van der Waals surface area contributed by atoms with E-state index in [1.54, 1.807) is 6.20 Å². The topological polar surface area (TPSA) is 57.0 Å². The maximum atomic E-state index is 12.1. The largest absolute Gasteiger partial charge is 0.442 e. The van der Waals surface area contributed by atoms with Crippen molar-refractivity contribution in [2.24, 2.45) is 0 Å². The molecule has 0 N–H and O–H groups in total. The molecule has 2 rings (SSSR count). The summed E-state index contributed by atoms with van der Waals surface area (Å²) >= 11 is 0. The van der Waals surface area contributed by atoms with Gasteiger partial charge < -0.3 is 4.74 Å². The Kier molecular flexibility index (Phi) is 3.30. The van der Waals surface area contributed by atoms with Crippen LogP contribution in [0.4, 0.5) is 4.79 Å². The van der Waals surface area contributed by atoms with Crippen molar-refractivity contribution >= 4 is 17.1 Å². The van der Waals surface area contributed by atoms with Crippen LogP contribution in [0.15, 0.2) is 12.3 Å². The minimum Gasteiger partial charge on any atom is -0.442 e. The highest BCUT2D eigenvalue weighted by atomic mass is 16.6. The number of rotatable bonds is 1. The summed E-state index contributed by atoms with van der Waals surface area (Å²) < 4.78 is 6.59. The van der Waals surface area contributed by atoms with Crippen molar-refractivity contribution in [3.05, 3.63) is 23.5 Å². The minimum atomic E-state index is -0.549. The molecule has 5 nitrogen and oxygen atoms in total. The lowest BCUT2D eigenvalue weighted by atomic mass is 10.2. The summed E-state index contributed by atoms with van der Waals surface area (Å²) in [4.78, 5) is 16.4. The van der Waals surface area contributed by atoms with Gasteiger partial charge >= 0.3 is 6.09 Å². The molecule has 0 unspecified atom stereocenters. The number of aromatic nitrogens is 3. The van der Waals surface area contributed by atoms with E-state index in [1.165, 1.54) is 4.68 Å². The van der Waals surface area contributed by atoms with Gasteiger partial charge in [-0.05, 0) is 45.7 Å². The molecule has 0 aliphatic heterocycles. The van der Waals surface area contributed by atoms with Crippen molar-refractivity contribution in [1.29, 1.82) is 0 Å². The number of fused-ring (bicyclic) bond motifs is 1. The average Bonchev–Trinajstić information content (AvgIpc) is 2.64. The molecular formula is C14H19N3O2. The normalized spacial score (nSPS) is 11.8. The number of ether oxygens (including phenoxy) is 1. The molecule has 5 heteroatoms. The highest BCUT2D eigenvalue weighted by Crippen LogP contribution is 2.19. The SMILES string of the molecule is CCc1nn(C(=O)OC(C)(C)C)c2ncc(C)cc12. The highest BCUT2D eigenvalue weighted by Gasteiger charge is 2.22. The van der Waals surface area contributed by atoms with Gasteiger partial charge in [0.05, 0.1) is 5.69 Å². The third kappa shape index (κ3) is 2.75. The first-order valence-electron chi connectivity index (χ1n) is 6.39. The Labute approximate surface area is 112 Å². The average molecular weight is 261 g/mol. The number of nitrogens with zero attached hydrogens (tertiary/aromatic N) is 3. The molecule has 0 bridgehead atoms. The van der Waals surface area contributed by atoms with E-state index < -0.39 is 11.7 Å². The summed E-state index contributed by atoms with van der Waals surface area (Å²) in [5.41, 5.74) is 1.91. The summed E-state index contributed by atoms with van der Waals surface area (Å²) in [6.07, 6.45) is 1.98. The van der Waals surface area contributed by atoms with Crippen molar-refractivity contribution in [3.63, 3.8) is 0 Å². The molecule has 0 amide bonds. The fourth-order valence-electron chi connectivity index (χ4n) is 1.86. The molecule has 19 heavy (non-hydrogen) atoms. The molecule has 2 heterocycles. The van der Waals surface area contributed by atoms with Crippen LogP contribution in [0.2, 0.25) is 0 Å². The molecule has 2 aromatic rings. The first-order chi connectivity index (χ1) is 8.81. The zero-order valence-electron chi connectivity index (χ0n) is 12.0. The number of hydrogen-bond acceptors (Lipinski definition) is 4. The van der Waals surface area contributed by atoms with Gasteiger partial charge in [0.1, 0.15) is 5.60 Å². The van der Waals surface area contributed by atoms with Crippen LogP contribution in [0.25, 0.3) is 11.0 Å². The van der Waals surface area contributed by atoms with Gasteiger partial charge in [0.25, 0.3) is 0 Å². The molecule has 2 aromatic heterocycles. The predicted octanol–water partition coefficient (Wildman–Crippen LogP) is 3.09. The van der Waals surface area contributed by atoms with Crippen LogP contribution in [-0.2, 0) is 11.2 Å². The number of carbonyl (C=O) groups is 1. The summed E-state index contributed by atoms with van der Waals surface area (Å²) in [6.45, 7) is 9.46. The molecule has 0 fully saturated rings. The van der Waals surface area contributed by atoms with Crippen molar-refractivity contribution in [2.45, 2.75) is 46.6 Å². The minimum absolute atomic E-state index is 0.492.